The van der Waals surface area contributed by atoms with Crippen LogP contribution in [-0.2, 0) is 6.18 Å². The van der Waals surface area contributed by atoms with E-state index in [1.165, 1.54) is 0 Å². The van der Waals surface area contributed by atoms with Gasteiger partial charge >= 0.3 is 6.18 Å². The van der Waals surface area contributed by atoms with E-state index in [-0.39, 0.29) is 11.5 Å². The van der Waals surface area contributed by atoms with Gasteiger partial charge in [0.2, 0.25) is 11.7 Å². The number of hydrogen-bond acceptors (Lipinski definition) is 4. The Morgan fingerprint density at radius 1 is 1.15 bits per heavy atom. The molecular formula is C19H16F3N3O2. The van der Waals surface area contributed by atoms with Gasteiger partial charge in [0, 0.05) is 11.1 Å². The van der Waals surface area contributed by atoms with E-state index in [4.69, 9.17) is 4.52 Å². The highest BCUT2D eigenvalue weighted by atomic mass is 19.4. The first-order chi connectivity index (χ1) is 12.7. The van der Waals surface area contributed by atoms with Crippen LogP contribution >= 0.6 is 0 Å². The Hall–Kier alpha value is -3.16. The zero-order valence-corrected chi connectivity index (χ0v) is 14.5. The minimum Gasteiger partial charge on any atom is -0.341 e. The smallest absolute Gasteiger partial charge is 0.341 e. The van der Waals surface area contributed by atoms with E-state index in [2.05, 4.69) is 15.5 Å². The fraction of sp³-hybridized carbons (Fsp3) is 0.211. The summed E-state index contributed by atoms with van der Waals surface area (Å²) in [5, 5.41) is 6.54. The number of amides is 1. The highest BCUT2D eigenvalue weighted by Gasteiger charge is 2.30. The number of rotatable bonds is 4. The third-order valence-electron chi connectivity index (χ3n) is 3.91. The zero-order chi connectivity index (χ0) is 19.6. The average Bonchev–Trinajstić information content (AvgIpc) is 3.11. The van der Waals surface area contributed by atoms with Crippen molar-refractivity contribution in [1.29, 1.82) is 0 Å². The monoisotopic (exact) mass is 375 g/mol. The van der Waals surface area contributed by atoms with Crippen LogP contribution in [0.25, 0.3) is 11.4 Å². The number of alkyl halides is 3. The molecule has 0 aliphatic heterocycles. The molecule has 1 atom stereocenters. The first-order valence-corrected chi connectivity index (χ1v) is 8.13. The van der Waals surface area contributed by atoms with Gasteiger partial charge in [-0.3, -0.25) is 4.79 Å². The molecule has 5 nitrogen and oxygen atoms in total. The van der Waals surface area contributed by atoms with E-state index in [1.54, 1.807) is 6.92 Å². The van der Waals surface area contributed by atoms with Crippen molar-refractivity contribution in [3.63, 3.8) is 0 Å². The topological polar surface area (TPSA) is 68.0 Å². The second-order valence-corrected chi connectivity index (χ2v) is 6.10. The molecule has 3 rings (SSSR count). The summed E-state index contributed by atoms with van der Waals surface area (Å²) < 4.78 is 43.0. The van der Waals surface area contributed by atoms with E-state index < -0.39 is 23.7 Å². The molecule has 0 saturated heterocycles. The number of aryl methyl sites for hydroxylation is 1. The van der Waals surface area contributed by atoms with E-state index in [0.717, 1.165) is 35.4 Å². The molecule has 27 heavy (non-hydrogen) atoms. The molecule has 1 amide bonds. The van der Waals surface area contributed by atoms with Crippen LogP contribution in [0.15, 0.2) is 53.1 Å². The number of carbonyl (C=O) groups is 1. The molecule has 3 aromatic rings. The summed E-state index contributed by atoms with van der Waals surface area (Å²) >= 11 is 0. The van der Waals surface area contributed by atoms with Crippen LogP contribution in [0.1, 0.15) is 40.3 Å². The summed E-state index contributed by atoms with van der Waals surface area (Å²) in [6, 6.07) is 10.9. The van der Waals surface area contributed by atoms with Crippen LogP contribution in [0.2, 0.25) is 0 Å². The van der Waals surface area contributed by atoms with Crippen molar-refractivity contribution < 1.29 is 22.5 Å². The highest BCUT2D eigenvalue weighted by molar-refractivity contribution is 5.94. The Balaban J connectivity index is 1.70. The number of nitrogens with zero attached hydrogens (tertiary/aromatic N) is 2. The molecule has 1 heterocycles. The highest BCUT2D eigenvalue weighted by Crippen LogP contribution is 2.29. The van der Waals surface area contributed by atoms with Gasteiger partial charge in [-0.2, -0.15) is 18.2 Å². The van der Waals surface area contributed by atoms with Crippen molar-refractivity contribution in [1.82, 2.24) is 15.5 Å². The predicted molar refractivity (Wildman–Crippen MR) is 91.8 cm³/mol. The maximum Gasteiger partial charge on any atom is 0.416 e. The summed E-state index contributed by atoms with van der Waals surface area (Å²) in [5.74, 6) is 0.0580. The van der Waals surface area contributed by atoms with Crippen molar-refractivity contribution >= 4 is 5.91 Å². The lowest BCUT2D eigenvalue weighted by molar-refractivity contribution is -0.137. The molecular weight excluding hydrogens is 359 g/mol. The normalized spacial score (nSPS) is 12.6. The fourth-order valence-electron chi connectivity index (χ4n) is 2.46. The number of hydrogen-bond donors (Lipinski definition) is 1. The second kappa shape index (κ2) is 7.22. The molecule has 0 bridgehead atoms. The number of carbonyl (C=O) groups excluding carboxylic acids is 1. The van der Waals surface area contributed by atoms with Crippen molar-refractivity contribution in [3.05, 3.63) is 71.1 Å². The number of aromatic nitrogens is 2. The lowest BCUT2D eigenvalue weighted by atomic mass is 10.1. The molecule has 1 N–H and O–H groups in total. The maximum atomic E-state index is 12.6. The molecule has 0 aliphatic carbocycles. The van der Waals surface area contributed by atoms with Crippen LogP contribution in [0.3, 0.4) is 0 Å². The lowest BCUT2D eigenvalue weighted by Crippen LogP contribution is -2.26. The summed E-state index contributed by atoms with van der Waals surface area (Å²) in [6.07, 6.45) is -4.45. The summed E-state index contributed by atoms with van der Waals surface area (Å²) in [4.78, 5) is 16.5. The van der Waals surface area contributed by atoms with Crippen LogP contribution in [0.5, 0.6) is 0 Å². The second-order valence-electron chi connectivity index (χ2n) is 6.10. The lowest BCUT2D eigenvalue weighted by Gasteiger charge is -2.11. The Morgan fingerprint density at radius 3 is 2.48 bits per heavy atom. The molecule has 1 unspecified atom stereocenters. The van der Waals surface area contributed by atoms with Gasteiger partial charge in [-0.05, 0) is 44.2 Å². The Bertz CT molecular complexity index is 949. The van der Waals surface area contributed by atoms with Gasteiger partial charge < -0.3 is 9.84 Å². The number of halogens is 3. The van der Waals surface area contributed by atoms with Gasteiger partial charge in [0.15, 0.2) is 0 Å². The minimum absolute atomic E-state index is 0.105. The molecule has 1 aromatic heterocycles. The van der Waals surface area contributed by atoms with E-state index in [0.29, 0.717) is 5.82 Å². The molecule has 0 saturated carbocycles. The van der Waals surface area contributed by atoms with Gasteiger partial charge in [0.05, 0.1) is 5.56 Å². The van der Waals surface area contributed by atoms with Crippen molar-refractivity contribution in [2.45, 2.75) is 26.1 Å². The summed E-state index contributed by atoms with van der Waals surface area (Å²) in [5.41, 5.74) is 1.12. The Morgan fingerprint density at radius 2 is 1.85 bits per heavy atom. The standard InChI is InChI=1S/C19H16F3N3O2/c1-11-4-3-5-14(10-11)16-24-18(27-25-16)12(2)23-17(26)13-6-8-15(9-7-13)19(20,21)22/h3-10,12H,1-2H3,(H,23,26). The summed E-state index contributed by atoms with van der Waals surface area (Å²) in [6.45, 7) is 3.59. The minimum atomic E-state index is -4.45. The van der Waals surface area contributed by atoms with Crippen molar-refractivity contribution in [2.75, 3.05) is 0 Å². The Kier molecular flexibility index (Phi) is 4.98. The molecule has 8 heteroatoms. The first kappa shape index (κ1) is 18.6. The van der Waals surface area contributed by atoms with E-state index >= 15 is 0 Å². The van der Waals surface area contributed by atoms with Gasteiger partial charge in [-0.1, -0.05) is 28.9 Å². The van der Waals surface area contributed by atoms with Gasteiger partial charge in [0.1, 0.15) is 6.04 Å². The maximum absolute atomic E-state index is 12.6. The third-order valence-corrected chi connectivity index (χ3v) is 3.91. The van der Waals surface area contributed by atoms with Crippen LogP contribution in [-0.4, -0.2) is 16.0 Å². The predicted octanol–water partition coefficient (Wildman–Crippen LogP) is 4.55. The zero-order valence-electron chi connectivity index (χ0n) is 14.5. The summed E-state index contributed by atoms with van der Waals surface area (Å²) in [7, 11) is 0. The van der Waals surface area contributed by atoms with E-state index in [9.17, 15) is 18.0 Å². The number of nitrogens with one attached hydrogen (secondary N) is 1. The molecule has 0 fully saturated rings. The van der Waals surface area contributed by atoms with Gasteiger partial charge in [-0.15, -0.1) is 0 Å². The van der Waals surface area contributed by atoms with E-state index in [1.807, 2.05) is 31.2 Å². The molecule has 0 spiro atoms. The Labute approximate surface area is 153 Å². The number of benzene rings is 2. The van der Waals surface area contributed by atoms with Gasteiger partial charge in [-0.25, -0.2) is 0 Å². The van der Waals surface area contributed by atoms with Gasteiger partial charge in [0.25, 0.3) is 5.91 Å². The molecule has 0 aliphatic rings. The third kappa shape index (κ3) is 4.33. The quantitative estimate of drug-likeness (QED) is 0.726. The van der Waals surface area contributed by atoms with Crippen molar-refractivity contribution in [2.24, 2.45) is 0 Å². The fourth-order valence-corrected chi connectivity index (χ4v) is 2.46. The average molecular weight is 375 g/mol. The van der Waals surface area contributed by atoms with Crippen molar-refractivity contribution in [3.8, 4) is 11.4 Å². The van der Waals surface area contributed by atoms with Crippen LogP contribution in [0.4, 0.5) is 13.2 Å². The SMILES string of the molecule is Cc1cccc(-c2noc(C(C)NC(=O)c3ccc(C(F)(F)F)cc3)n2)c1. The van der Waals surface area contributed by atoms with Crippen LogP contribution < -0.4 is 5.32 Å². The first-order valence-electron chi connectivity index (χ1n) is 8.13. The molecule has 140 valence electrons. The largest absolute Gasteiger partial charge is 0.416 e. The molecule has 2 aromatic carbocycles. The van der Waals surface area contributed by atoms with Crippen LogP contribution in [0, 0.1) is 6.92 Å². The molecule has 0 radical (unpaired) electrons.